The van der Waals surface area contributed by atoms with Gasteiger partial charge < -0.3 is 10.0 Å². The molecule has 4 heteroatoms. The molecule has 1 fully saturated rings. The molecule has 84 valence electrons. The number of aliphatic hydroxyl groups excluding tert-OH is 1. The Hall–Kier alpha value is -1.60. The third kappa shape index (κ3) is 2.71. The van der Waals surface area contributed by atoms with E-state index in [0.29, 0.717) is 12.2 Å². The van der Waals surface area contributed by atoms with Gasteiger partial charge in [0.15, 0.2) is 5.82 Å². The first-order valence-electron chi connectivity index (χ1n) is 5.45. The molecule has 0 saturated heterocycles. The van der Waals surface area contributed by atoms with E-state index in [0.717, 1.165) is 18.3 Å². The lowest BCUT2D eigenvalue weighted by Gasteiger charge is -2.20. The summed E-state index contributed by atoms with van der Waals surface area (Å²) in [5, 5.41) is 16.9. The van der Waals surface area contributed by atoms with E-state index < -0.39 is 0 Å². The normalized spacial score (nSPS) is 14.5. The van der Waals surface area contributed by atoms with Gasteiger partial charge in [0, 0.05) is 6.54 Å². The standard InChI is InChI=1S/C12H15N3O/c1-2-7-15(8-10-3-4-10)12-6-5-11(9-16)13-14-12/h1,5-6,10,16H,3-4,7-9H2. The second-order valence-electron chi connectivity index (χ2n) is 4.07. The van der Waals surface area contributed by atoms with Gasteiger partial charge in [-0.25, -0.2) is 0 Å². The Morgan fingerprint density at radius 1 is 1.44 bits per heavy atom. The zero-order valence-electron chi connectivity index (χ0n) is 9.13. The Bertz CT molecular complexity index is 378. The number of anilines is 1. The third-order valence-electron chi connectivity index (χ3n) is 2.65. The van der Waals surface area contributed by atoms with Crippen LogP contribution in [0.25, 0.3) is 0 Å². The van der Waals surface area contributed by atoms with E-state index in [4.69, 9.17) is 11.5 Å². The van der Waals surface area contributed by atoms with Gasteiger partial charge in [0.1, 0.15) is 0 Å². The average molecular weight is 217 g/mol. The fourth-order valence-corrected chi connectivity index (χ4v) is 1.57. The zero-order valence-corrected chi connectivity index (χ0v) is 9.13. The Balaban J connectivity index is 2.07. The zero-order chi connectivity index (χ0) is 11.4. The minimum absolute atomic E-state index is 0.0783. The Morgan fingerprint density at radius 3 is 2.75 bits per heavy atom. The molecule has 0 bridgehead atoms. The molecular weight excluding hydrogens is 202 g/mol. The number of hydrogen-bond donors (Lipinski definition) is 1. The van der Waals surface area contributed by atoms with Crippen LogP contribution >= 0.6 is 0 Å². The van der Waals surface area contributed by atoms with Crippen LogP contribution in [-0.2, 0) is 6.61 Å². The first-order chi connectivity index (χ1) is 7.83. The van der Waals surface area contributed by atoms with Gasteiger partial charge in [-0.2, -0.15) is 5.10 Å². The molecule has 0 radical (unpaired) electrons. The first-order valence-corrected chi connectivity index (χ1v) is 5.45. The summed E-state index contributed by atoms with van der Waals surface area (Å²) in [6.07, 6.45) is 7.90. The van der Waals surface area contributed by atoms with Crippen LogP contribution < -0.4 is 4.90 Å². The second kappa shape index (κ2) is 4.95. The summed E-state index contributed by atoms with van der Waals surface area (Å²) in [6, 6.07) is 3.64. The molecule has 0 atom stereocenters. The molecule has 0 unspecified atom stereocenters. The molecule has 1 N–H and O–H groups in total. The van der Waals surface area contributed by atoms with Crippen molar-refractivity contribution in [1.82, 2.24) is 10.2 Å². The molecule has 1 aliphatic carbocycles. The summed E-state index contributed by atoms with van der Waals surface area (Å²) in [6.45, 7) is 1.44. The molecule has 1 aromatic rings. The minimum Gasteiger partial charge on any atom is -0.390 e. The number of aliphatic hydroxyl groups is 1. The van der Waals surface area contributed by atoms with Crippen molar-refractivity contribution in [1.29, 1.82) is 0 Å². The van der Waals surface area contributed by atoms with Crippen molar-refractivity contribution < 1.29 is 5.11 Å². The van der Waals surface area contributed by atoms with Crippen LogP contribution in [0.15, 0.2) is 12.1 Å². The summed E-state index contributed by atoms with van der Waals surface area (Å²) in [5.41, 5.74) is 0.579. The largest absolute Gasteiger partial charge is 0.390 e. The number of rotatable bonds is 5. The van der Waals surface area contributed by atoms with Crippen molar-refractivity contribution in [2.45, 2.75) is 19.4 Å². The van der Waals surface area contributed by atoms with Gasteiger partial charge in [0.05, 0.1) is 18.8 Å². The smallest absolute Gasteiger partial charge is 0.152 e. The van der Waals surface area contributed by atoms with Gasteiger partial charge in [-0.3, -0.25) is 0 Å². The molecule has 0 spiro atoms. The topological polar surface area (TPSA) is 49.2 Å². The predicted octanol–water partition coefficient (Wildman–Crippen LogP) is 0.819. The van der Waals surface area contributed by atoms with Crippen molar-refractivity contribution in [3.05, 3.63) is 17.8 Å². The molecule has 1 heterocycles. The van der Waals surface area contributed by atoms with Crippen molar-refractivity contribution in [2.24, 2.45) is 5.92 Å². The number of nitrogens with zero attached hydrogens (tertiary/aromatic N) is 3. The summed E-state index contributed by atoms with van der Waals surface area (Å²) >= 11 is 0. The van der Waals surface area contributed by atoms with Gasteiger partial charge >= 0.3 is 0 Å². The van der Waals surface area contributed by atoms with Crippen LogP contribution in [0.5, 0.6) is 0 Å². The van der Waals surface area contributed by atoms with E-state index in [1.165, 1.54) is 12.8 Å². The van der Waals surface area contributed by atoms with Crippen LogP contribution in [0.3, 0.4) is 0 Å². The van der Waals surface area contributed by atoms with E-state index >= 15 is 0 Å². The minimum atomic E-state index is -0.0783. The summed E-state index contributed by atoms with van der Waals surface area (Å²) in [4.78, 5) is 2.06. The van der Waals surface area contributed by atoms with Gasteiger partial charge in [-0.15, -0.1) is 11.5 Å². The van der Waals surface area contributed by atoms with E-state index in [9.17, 15) is 0 Å². The fraction of sp³-hybridized carbons (Fsp3) is 0.500. The molecule has 1 saturated carbocycles. The molecule has 1 aliphatic rings. The molecule has 0 aliphatic heterocycles. The Kier molecular flexibility index (Phi) is 3.37. The molecule has 0 aromatic carbocycles. The highest BCUT2D eigenvalue weighted by atomic mass is 16.3. The van der Waals surface area contributed by atoms with Crippen LogP contribution in [0.4, 0.5) is 5.82 Å². The quantitative estimate of drug-likeness (QED) is 0.742. The molecule has 4 nitrogen and oxygen atoms in total. The number of hydrogen-bond acceptors (Lipinski definition) is 4. The van der Waals surface area contributed by atoms with Crippen LogP contribution in [-0.4, -0.2) is 28.4 Å². The fourth-order valence-electron chi connectivity index (χ4n) is 1.57. The lowest BCUT2D eigenvalue weighted by Crippen LogP contribution is -2.27. The van der Waals surface area contributed by atoms with E-state index in [1.54, 1.807) is 6.07 Å². The lowest BCUT2D eigenvalue weighted by molar-refractivity contribution is 0.275. The second-order valence-corrected chi connectivity index (χ2v) is 4.07. The lowest BCUT2D eigenvalue weighted by atomic mass is 10.3. The maximum absolute atomic E-state index is 8.88. The van der Waals surface area contributed by atoms with E-state index in [2.05, 4.69) is 21.0 Å². The van der Waals surface area contributed by atoms with E-state index in [1.807, 2.05) is 6.07 Å². The highest BCUT2D eigenvalue weighted by Gasteiger charge is 2.24. The monoisotopic (exact) mass is 217 g/mol. The summed E-state index contributed by atoms with van der Waals surface area (Å²) < 4.78 is 0. The molecule has 1 aromatic heterocycles. The van der Waals surface area contributed by atoms with Gasteiger partial charge in [0.25, 0.3) is 0 Å². The number of aromatic nitrogens is 2. The molecular formula is C12H15N3O. The van der Waals surface area contributed by atoms with Crippen molar-refractivity contribution >= 4 is 5.82 Å². The SMILES string of the molecule is C#CCN(CC1CC1)c1ccc(CO)nn1. The van der Waals surface area contributed by atoms with Crippen LogP contribution in [0, 0.1) is 18.3 Å². The Labute approximate surface area is 95.3 Å². The third-order valence-corrected chi connectivity index (χ3v) is 2.65. The maximum Gasteiger partial charge on any atom is 0.152 e. The number of terminal acetylenes is 1. The predicted molar refractivity (Wildman–Crippen MR) is 61.7 cm³/mol. The maximum atomic E-state index is 8.88. The van der Waals surface area contributed by atoms with Gasteiger partial charge in [-0.1, -0.05) is 5.92 Å². The van der Waals surface area contributed by atoms with Crippen LogP contribution in [0.2, 0.25) is 0 Å². The Morgan fingerprint density at radius 2 is 2.25 bits per heavy atom. The molecule has 0 amide bonds. The van der Waals surface area contributed by atoms with Crippen molar-refractivity contribution in [2.75, 3.05) is 18.0 Å². The van der Waals surface area contributed by atoms with Crippen LogP contribution in [0.1, 0.15) is 18.5 Å². The average Bonchev–Trinajstić information content (AvgIpc) is 3.13. The highest BCUT2D eigenvalue weighted by molar-refractivity contribution is 5.39. The highest BCUT2D eigenvalue weighted by Crippen LogP contribution is 2.30. The van der Waals surface area contributed by atoms with Crippen molar-refractivity contribution in [3.8, 4) is 12.3 Å². The van der Waals surface area contributed by atoms with Gasteiger partial charge in [0.2, 0.25) is 0 Å². The molecule has 16 heavy (non-hydrogen) atoms. The van der Waals surface area contributed by atoms with E-state index in [-0.39, 0.29) is 6.61 Å². The summed E-state index contributed by atoms with van der Waals surface area (Å²) in [7, 11) is 0. The first kappa shape index (κ1) is 10.9. The van der Waals surface area contributed by atoms with Crippen molar-refractivity contribution in [3.63, 3.8) is 0 Å². The molecule has 2 rings (SSSR count). The summed E-state index contributed by atoms with van der Waals surface area (Å²) in [5.74, 6) is 4.19. The van der Waals surface area contributed by atoms with Gasteiger partial charge in [-0.05, 0) is 30.9 Å².